The van der Waals surface area contributed by atoms with Crippen LogP contribution in [0.5, 0.6) is 11.5 Å². The first kappa shape index (κ1) is 19.2. The van der Waals surface area contributed by atoms with E-state index >= 15 is 0 Å². The molecule has 3 rings (SSSR count). The topological polar surface area (TPSA) is 30.9 Å². The monoisotopic (exact) mass is 419 g/mol. The SMILES string of the molecule is COc1cc(CCCN2CCOCC2)cc(Br)c1OCc1ccccc1. The minimum Gasteiger partial charge on any atom is -0.493 e. The van der Waals surface area contributed by atoms with Crippen LogP contribution in [0.2, 0.25) is 0 Å². The van der Waals surface area contributed by atoms with Crippen molar-refractivity contribution in [1.29, 1.82) is 0 Å². The highest BCUT2D eigenvalue weighted by Gasteiger charge is 2.13. The van der Waals surface area contributed by atoms with E-state index in [0.717, 1.165) is 67.2 Å². The van der Waals surface area contributed by atoms with E-state index in [9.17, 15) is 0 Å². The van der Waals surface area contributed by atoms with Gasteiger partial charge in [-0.2, -0.15) is 0 Å². The Bertz CT molecular complexity index is 687. The molecule has 0 unspecified atom stereocenters. The number of benzene rings is 2. The van der Waals surface area contributed by atoms with E-state index in [4.69, 9.17) is 14.2 Å². The lowest BCUT2D eigenvalue weighted by Gasteiger charge is -2.26. The molecule has 0 N–H and O–H groups in total. The van der Waals surface area contributed by atoms with Gasteiger partial charge in [0, 0.05) is 13.1 Å². The van der Waals surface area contributed by atoms with Crippen LogP contribution in [0, 0.1) is 0 Å². The molecule has 0 bridgehead atoms. The number of rotatable bonds is 8. The van der Waals surface area contributed by atoms with Crippen molar-refractivity contribution in [3.8, 4) is 11.5 Å². The fourth-order valence-electron chi connectivity index (χ4n) is 3.12. The summed E-state index contributed by atoms with van der Waals surface area (Å²) in [6.07, 6.45) is 2.14. The molecule has 140 valence electrons. The van der Waals surface area contributed by atoms with Crippen LogP contribution < -0.4 is 9.47 Å². The van der Waals surface area contributed by atoms with Gasteiger partial charge >= 0.3 is 0 Å². The standard InChI is InChI=1S/C21H26BrNO3/c1-24-20-15-18(8-5-9-23-10-12-25-13-11-23)14-19(22)21(20)26-16-17-6-3-2-4-7-17/h2-4,6-7,14-15H,5,8-13,16H2,1H3. The van der Waals surface area contributed by atoms with Gasteiger partial charge < -0.3 is 14.2 Å². The Morgan fingerprint density at radius 3 is 2.58 bits per heavy atom. The van der Waals surface area contributed by atoms with Crippen LogP contribution in [0.1, 0.15) is 17.5 Å². The molecule has 0 spiro atoms. The summed E-state index contributed by atoms with van der Waals surface area (Å²) in [5.74, 6) is 1.53. The lowest BCUT2D eigenvalue weighted by Crippen LogP contribution is -2.36. The largest absolute Gasteiger partial charge is 0.493 e. The predicted molar refractivity (Wildman–Crippen MR) is 107 cm³/mol. The molecule has 0 saturated carbocycles. The molecule has 0 radical (unpaired) electrons. The summed E-state index contributed by atoms with van der Waals surface area (Å²) in [5.41, 5.74) is 2.39. The van der Waals surface area contributed by atoms with Gasteiger partial charge in [-0.15, -0.1) is 0 Å². The molecule has 1 fully saturated rings. The Balaban J connectivity index is 1.59. The van der Waals surface area contributed by atoms with Gasteiger partial charge in [0.05, 0.1) is 24.8 Å². The van der Waals surface area contributed by atoms with Crippen molar-refractivity contribution < 1.29 is 14.2 Å². The predicted octanol–water partition coefficient (Wildman–Crippen LogP) is 4.30. The van der Waals surface area contributed by atoms with Crippen LogP contribution in [-0.4, -0.2) is 44.9 Å². The van der Waals surface area contributed by atoms with Crippen molar-refractivity contribution in [2.75, 3.05) is 40.0 Å². The van der Waals surface area contributed by atoms with Gasteiger partial charge in [-0.3, -0.25) is 4.90 Å². The second-order valence-electron chi connectivity index (χ2n) is 6.44. The number of hydrogen-bond acceptors (Lipinski definition) is 4. The normalized spacial score (nSPS) is 15.0. The Morgan fingerprint density at radius 2 is 1.85 bits per heavy atom. The summed E-state index contributed by atoms with van der Waals surface area (Å²) >= 11 is 3.65. The fourth-order valence-corrected chi connectivity index (χ4v) is 3.72. The molecule has 0 aliphatic carbocycles. The zero-order valence-electron chi connectivity index (χ0n) is 15.2. The lowest BCUT2D eigenvalue weighted by molar-refractivity contribution is 0.0374. The van der Waals surface area contributed by atoms with E-state index in [1.165, 1.54) is 5.56 Å². The molecule has 4 nitrogen and oxygen atoms in total. The Labute approximate surface area is 164 Å². The van der Waals surface area contributed by atoms with Crippen molar-refractivity contribution in [2.24, 2.45) is 0 Å². The molecular formula is C21H26BrNO3. The highest BCUT2D eigenvalue weighted by molar-refractivity contribution is 9.10. The molecule has 2 aromatic rings. The summed E-state index contributed by atoms with van der Waals surface area (Å²) in [7, 11) is 1.69. The van der Waals surface area contributed by atoms with Gasteiger partial charge in [0.2, 0.25) is 0 Å². The van der Waals surface area contributed by atoms with Crippen LogP contribution in [0.25, 0.3) is 0 Å². The number of morpholine rings is 1. The maximum Gasteiger partial charge on any atom is 0.175 e. The number of halogens is 1. The lowest BCUT2D eigenvalue weighted by atomic mass is 10.1. The summed E-state index contributed by atoms with van der Waals surface area (Å²) < 4.78 is 17.9. The number of methoxy groups -OCH3 is 1. The third kappa shape index (κ3) is 5.47. The molecule has 0 atom stereocenters. The Morgan fingerprint density at radius 1 is 1.08 bits per heavy atom. The molecule has 26 heavy (non-hydrogen) atoms. The van der Waals surface area contributed by atoms with Crippen LogP contribution in [0.3, 0.4) is 0 Å². The van der Waals surface area contributed by atoms with E-state index in [2.05, 4.69) is 45.1 Å². The van der Waals surface area contributed by atoms with Gasteiger partial charge in [0.25, 0.3) is 0 Å². The maximum absolute atomic E-state index is 6.01. The second-order valence-corrected chi connectivity index (χ2v) is 7.30. The third-order valence-corrected chi connectivity index (χ3v) is 5.15. The Hall–Kier alpha value is -1.56. The average Bonchev–Trinajstić information content (AvgIpc) is 2.68. The molecule has 5 heteroatoms. The van der Waals surface area contributed by atoms with E-state index in [1.807, 2.05) is 18.2 Å². The van der Waals surface area contributed by atoms with Crippen molar-refractivity contribution >= 4 is 15.9 Å². The molecule has 0 aromatic heterocycles. The minimum atomic E-state index is 0.520. The number of ether oxygens (including phenoxy) is 3. The van der Waals surface area contributed by atoms with E-state index in [0.29, 0.717) is 6.61 Å². The smallest absolute Gasteiger partial charge is 0.175 e. The maximum atomic E-state index is 6.01. The molecule has 0 amide bonds. The second kappa shape index (κ2) is 9.95. The zero-order valence-corrected chi connectivity index (χ0v) is 16.8. The average molecular weight is 420 g/mol. The number of nitrogens with zero attached hydrogens (tertiary/aromatic N) is 1. The van der Waals surface area contributed by atoms with Gasteiger partial charge in [0.15, 0.2) is 11.5 Å². The van der Waals surface area contributed by atoms with Gasteiger partial charge in [-0.1, -0.05) is 30.3 Å². The third-order valence-electron chi connectivity index (χ3n) is 4.56. The highest BCUT2D eigenvalue weighted by atomic mass is 79.9. The molecule has 1 saturated heterocycles. The Kier molecular flexibility index (Phi) is 7.35. The van der Waals surface area contributed by atoms with Gasteiger partial charge in [-0.25, -0.2) is 0 Å². The van der Waals surface area contributed by atoms with E-state index in [1.54, 1.807) is 7.11 Å². The summed E-state index contributed by atoms with van der Waals surface area (Å²) in [6, 6.07) is 14.4. The quantitative estimate of drug-likeness (QED) is 0.637. The molecule has 1 heterocycles. The van der Waals surface area contributed by atoms with Crippen molar-refractivity contribution in [2.45, 2.75) is 19.4 Å². The minimum absolute atomic E-state index is 0.520. The zero-order chi connectivity index (χ0) is 18.2. The van der Waals surface area contributed by atoms with Crippen LogP contribution >= 0.6 is 15.9 Å². The first-order valence-electron chi connectivity index (χ1n) is 9.09. The number of aryl methyl sites for hydroxylation is 1. The number of hydrogen-bond donors (Lipinski definition) is 0. The van der Waals surface area contributed by atoms with Crippen LogP contribution in [0.4, 0.5) is 0 Å². The molecular weight excluding hydrogens is 394 g/mol. The molecule has 2 aromatic carbocycles. The highest BCUT2D eigenvalue weighted by Crippen LogP contribution is 2.37. The van der Waals surface area contributed by atoms with Crippen LogP contribution in [0.15, 0.2) is 46.9 Å². The van der Waals surface area contributed by atoms with E-state index in [-0.39, 0.29) is 0 Å². The van der Waals surface area contributed by atoms with Crippen molar-refractivity contribution in [3.63, 3.8) is 0 Å². The van der Waals surface area contributed by atoms with E-state index < -0.39 is 0 Å². The molecule has 1 aliphatic heterocycles. The summed E-state index contributed by atoms with van der Waals surface area (Å²) in [4.78, 5) is 2.47. The molecule has 1 aliphatic rings. The first-order valence-corrected chi connectivity index (χ1v) is 9.89. The van der Waals surface area contributed by atoms with Gasteiger partial charge in [-0.05, 0) is 58.6 Å². The first-order chi connectivity index (χ1) is 12.8. The summed E-state index contributed by atoms with van der Waals surface area (Å²) in [6.45, 7) is 5.42. The summed E-state index contributed by atoms with van der Waals surface area (Å²) in [5, 5.41) is 0. The van der Waals surface area contributed by atoms with Crippen molar-refractivity contribution in [1.82, 2.24) is 4.90 Å². The fraction of sp³-hybridized carbons (Fsp3) is 0.429. The van der Waals surface area contributed by atoms with Crippen LogP contribution in [-0.2, 0) is 17.8 Å². The van der Waals surface area contributed by atoms with Crippen molar-refractivity contribution in [3.05, 3.63) is 58.1 Å². The van der Waals surface area contributed by atoms with Gasteiger partial charge in [0.1, 0.15) is 6.61 Å².